The zero-order valence-corrected chi connectivity index (χ0v) is 17.6. The van der Waals surface area contributed by atoms with Crippen LogP contribution >= 0.6 is 11.8 Å². The molecule has 0 unspecified atom stereocenters. The molecule has 152 valence electrons. The van der Waals surface area contributed by atoms with Gasteiger partial charge < -0.3 is 15.4 Å². The Balaban J connectivity index is 1.63. The fourth-order valence-corrected chi connectivity index (χ4v) is 4.01. The number of carbonyl (C=O) groups is 2. The van der Waals surface area contributed by atoms with Crippen molar-refractivity contribution in [3.05, 3.63) is 53.6 Å². The third kappa shape index (κ3) is 5.38. The lowest BCUT2D eigenvalue weighted by atomic mass is 10.1. The molecule has 1 saturated heterocycles. The number of ether oxygens (including phenoxy) is 1. The second kappa shape index (κ2) is 9.60. The van der Waals surface area contributed by atoms with Gasteiger partial charge in [0.15, 0.2) is 5.17 Å². The van der Waals surface area contributed by atoms with E-state index in [1.54, 1.807) is 24.3 Å². The fraction of sp³-hybridized carbons (Fsp3) is 0.318. The number of aliphatic imine (C=N–C) groups is 1. The van der Waals surface area contributed by atoms with Crippen molar-refractivity contribution < 1.29 is 14.3 Å². The lowest BCUT2D eigenvalue weighted by Crippen LogP contribution is -2.28. The van der Waals surface area contributed by atoms with Gasteiger partial charge in [-0.1, -0.05) is 36.9 Å². The lowest BCUT2D eigenvalue weighted by molar-refractivity contribution is -0.122. The Morgan fingerprint density at radius 3 is 2.66 bits per heavy atom. The molecule has 2 amide bonds. The van der Waals surface area contributed by atoms with Gasteiger partial charge in [-0.05, 0) is 55.7 Å². The SMILES string of the molecule is CCOc1ccc(NC(=O)C[C@H]2SC(=Nc3c(C)cccc3CC)NC2=O)cc1. The van der Waals surface area contributed by atoms with Gasteiger partial charge in [-0.2, -0.15) is 0 Å². The average molecular weight is 412 g/mol. The highest BCUT2D eigenvalue weighted by atomic mass is 32.2. The van der Waals surface area contributed by atoms with Crippen molar-refractivity contribution in [2.45, 2.75) is 38.9 Å². The summed E-state index contributed by atoms with van der Waals surface area (Å²) in [6.07, 6.45) is 0.942. The highest BCUT2D eigenvalue weighted by molar-refractivity contribution is 8.15. The van der Waals surface area contributed by atoms with Crippen LogP contribution in [0.15, 0.2) is 47.5 Å². The fourth-order valence-electron chi connectivity index (χ4n) is 3.04. The van der Waals surface area contributed by atoms with Crippen LogP contribution in [0.2, 0.25) is 0 Å². The third-order valence-corrected chi connectivity index (χ3v) is 5.59. The number of para-hydroxylation sites is 1. The molecule has 7 heteroatoms. The minimum absolute atomic E-state index is 0.0805. The van der Waals surface area contributed by atoms with Crippen molar-refractivity contribution in [3.8, 4) is 5.75 Å². The Morgan fingerprint density at radius 1 is 1.21 bits per heavy atom. The normalized spacial score (nSPS) is 17.3. The Labute approximate surface area is 175 Å². The van der Waals surface area contributed by atoms with Gasteiger partial charge >= 0.3 is 0 Å². The molecule has 0 saturated carbocycles. The van der Waals surface area contributed by atoms with Crippen LogP contribution in [0.25, 0.3) is 0 Å². The molecule has 3 rings (SSSR count). The van der Waals surface area contributed by atoms with Crippen molar-refractivity contribution in [3.63, 3.8) is 0 Å². The van der Waals surface area contributed by atoms with Gasteiger partial charge in [0.2, 0.25) is 11.8 Å². The van der Waals surface area contributed by atoms with E-state index in [-0.39, 0.29) is 18.2 Å². The molecule has 1 aliphatic rings. The Morgan fingerprint density at radius 2 is 1.97 bits per heavy atom. The smallest absolute Gasteiger partial charge is 0.240 e. The van der Waals surface area contributed by atoms with E-state index in [1.807, 2.05) is 32.0 Å². The van der Waals surface area contributed by atoms with Gasteiger partial charge in [-0.15, -0.1) is 0 Å². The summed E-state index contributed by atoms with van der Waals surface area (Å²) in [5.74, 6) is 0.343. The molecule has 0 bridgehead atoms. The zero-order chi connectivity index (χ0) is 20.8. The average Bonchev–Trinajstić information content (AvgIpc) is 3.04. The predicted molar refractivity (Wildman–Crippen MR) is 118 cm³/mol. The monoisotopic (exact) mass is 411 g/mol. The summed E-state index contributed by atoms with van der Waals surface area (Å²) in [6.45, 7) is 6.58. The molecule has 6 nitrogen and oxygen atoms in total. The number of benzene rings is 2. The van der Waals surface area contributed by atoms with Gasteiger partial charge in [0.25, 0.3) is 0 Å². The second-order valence-corrected chi connectivity index (χ2v) is 7.85. The van der Waals surface area contributed by atoms with Crippen molar-refractivity contribution in [1.82, 2.24) is 5.32 Å². The molecule has 2 N–H and O–H groups in total. The molecule has 0 spiro atoms. The number of aryl methyl sites for hydroxylation is 2. The number of anilines is 1. The molecule has 0 radical (unpaired) electrons. The maximum Gasteiger partial charge on any atom is 0.240 e. The van der Waals surface area contributed by atoms with E-state index in [4.69, 9.17) is 4.74 Å². The van der Waals surface area contributed by atoms with Crippen LogP contribution in [-0.4, -0.2) is 28.8 Å². The number of rotatable bonds is 7. The van der Waals surface area contributed by atoms with E-state index in [1.165, 1.54) is 11.8 Å². The highest BCUT2D eigenvalue weighted by Gasteiger charge is 2.32. The Hall–Kier alpha value is -2.80. The third-order valence-electron chi connectivity index (χ3n) is 4.51. The van der Waals surface area contributed by atoms with E-state index in [2.05, 4.69) is 22.5 Å². The molecule has 1 heterocycles. The number of thioether (sulfide) groups is 1. The minimum Gasteiger partial charge on any atom is -0.494 e. The predicted octanol–water partition coefficient (Wildman–Crippen LogP) is 4.20. The van der Waals surface area contributed by atoms with Crippen LogP contribution < -0.4 is 15.4 Å². The van der Waals surface area contributed by atoms with E-state index in [0.29, 0.717) is 17.5 Å². The van der Waals surface area contributed by atoms with Crippen LogP contribution in [0, 0.1) is 6.92 Å². The number of nitrogens with one attached hydrogen (secondary N) is 2. The molecular formula is C22H25N3O3S. The first-order valence-electron chi connectivity index (χ1n) is 9.67. The van der Waals surface area contributed by atoms with Gasteiger partial charge in [0, 0.05) is 12.1 Å². The summed E-state index contributed by atoms with van der Waals surface area (Å²) < 4.78 is 5.39. The lowest BCUT2D eigenvalue weighted by Gasteiger charge is -2.09. The summed E-state index contributed by atoms with van der Waals surface area (Å²) in [5, 5.41) is 5.67. The van der Waals surface area contributed by atoms with Crippen LogP contribution in [0.4, 0.5) is 11.4 Å². The molecule has 1 aliphatic heterocycles. The van der Waals surface area contributed by atoms with Gasteiger partial charge in [0.1, 0.15) is 11.0 Å². The standard InChI is InChI=1S/C22H25N3O3S/c1-4-15-8-6-7-14(3)20(15)24-22-25-21(27)18(29-22)13-19(26)23-16-9-11-17(12-10-16)28-5-2/h6-12,18H,4-5,13H2,1-3H3,(H,23,26)(H,24,25,27)/t18-/m1/s1. The van der Waals surface area contributed by atoms with Gasteiger partial charge in [-0.3, -0.25) is 9.59 Å². The molecule has 2 aromatic carbocycles. The van der Waals surface area contributed by atoms with Gasteiger partial charge in [-0.25, -0.2) is 4.99 Å². The van der Waals surface area contributed by atoms with Crippen LogP contribution in [0.1, 0.15) is 31.4 Å². The number of nitrogens with zero attached hydrogens (tertiary/aromatic N) is 1. The highest BCUT2D eigenvalue weighted by Crippen LogP contribution is 2.29. The second-order valence-electron chi connectivity index (χ2n) is 6.66. The van der Waals surface area contributed by atoms with E-state index < -0.39 is 5.25 Å². The van der Waals surface area contributed by atoms with Crippen molar-refractivity contribution >= 4 is 40.1 Å². The Kier molecular flexibility index (Phi) is 6.93. The molecule has 29 heavy (non-hydrogen) atoms. The van der Waals surface area contributed by atoms with Crippen molar-refractivity contribution in [1.29, 1.82) is 0 Å². The topological polar surface area (TPSA) is 79.8 Å². The summed E-state index contributed by atoms with van der Waals surface area (Å²) in [5.41, 5.74) is 3.74. The first kappa shape index (κ1) is 20.9. The summed E-state index contributed by atoms with van der Waals surface area (Å²) in [4.78, 5) is 29.3. The summed E-state index contributed by atoms with van der Waals surface area (Å²) >= 11 is 1.30. The van der Waals surface area contributed by atoms with E-state index >= 15 is 0 Å². The largest absolute Gasteiger partial charge is 0.494 e. The number of carbonyl (C=O) groups excluding carboxylic acids is 2. The quantitative estimate of drug-likeness (QED) is 0.715. The first-order valence-corrected chi connectivity index (χ1v) is 10.6. The summed E-state index contributed by atoms with van der Waals surface area (Å²) in [6, 6.07) is 13.2. The van der Waals surface area contributed by atoms with Crippen LogP contribution in [0.5, 0.6) is 5.75 Å². The van der Waals surface area contributed by atoms with Gasteiger partial charge in [0.05, 0.1) is 12.3 Å². The van der Waals surface area contributed by atoms with Crippen molar-refractivity contribution in [2.75, 3.05) is 11.9 Å². The number of hydrogen-bond acceptors (Lipinski definition) is 5. The number of hydrogen-bond donors (Lipinski definition) is 2. The van der Waals surface area contributed by atoms with E-state index in [9.17, 15) is 9.59 Å². The van der Waals surface area contributed by atoms with Crippen LogP contribution in [-0.2, 0) is 16.0 Å². The molecule has 0 aliphatic carbocycles. The van der Waals surface area contributed by atoms with Crippen molar-refractivity contribution in [2.24, 2.45) is 4.99 Å². The van der Waals surface area contributed by atoms with E-state index in [0.717, 1.165) is 29.0 Å². The molecule has 0 aromatic heterocycles. The molecule has 1 atom stereocenters. The Bertz CT molecular complexity index is 925. The molecular weight excluding hydrogens is 386 g/mol. The minimum atomic E-state index is -0.495. The molecule has 1 fully saturated rings. The zero-order valence-electron chi connectivity index (χ0n) is 16.8. The number of amidine groups is 1. The number of amides is 2. The summed E-state index contributed by atoms with van der Waals surface area (Å²) in [7, 11) is 0. The molecule has 2 aromatic rings. The maximum atomic E-state index is 12.4. The van der Waals surface area contributed by atoms with Crippen LogP contribution in [0.3, 0.4) is 0 Å². The first-order chi connectivity index (χ1) is 14.0. The maximum absolute atomic E-state index is 12.4.